The van der Waals surface area contributed by atoms with Crippen LogP contribution in [-0.2, 0) is 9.47 Å². The third-order valence-electron chi connectivity index (χ3n) is 1.59. The summed E-state index contributed by atoms with van der Waals surface area (Å²) in [5.74, 6) is 0.416. The lowest BCUT2D eigenvalue weighted by atomic mass is 10.4. The second-order valence-electron chi connectivity index (χ2n) is 2.61. The summed E-state index contributed by atoms with van der Waals surface area (Å²) in [6.45, 7) is 4.93. The van der Waals surface area contributed by atoms with Gasteiger partial charge in [-0.05, 0) is 13.8 Å². The van der Waals surface area contributed by atoms with Crippen LogP contribution in [0.1, 0.15) is 25.8 Å². The minimum Gasteiger partial charge on any atom is -0.384 e. The quantitative estimate of drug-likeness (QED) is 0.716. The monoisotopic (exact) mass is 197 g/mol. The van der Waals surface area contributed by atoms with Gasteiger partial charge < -0.3 is 15.2 Å². The fraction of sp³-hybridized carbons (Fsp3) is 0.556. The maximum atomic E-state index is 5.53. The van der Waals surface area contributed by atoms with Crippen molar-refractivity contribution in [3.8, 4) is 0 Å². The van der Waals surface area contributed by atoms with E-state index in [-0.39, 0.29) is 0 Å². The molecule has 0 saturated heterocycles. The van der Waals surface area contributed by atoms with Gasteiger partial charge in [0.25, 0.3) is 0 Å². The molecule has 0 aliphatic rings. The van der Waals surface area contributed by atoms with Gasteiger partial charge >= 0.3 is 0 Å². The van der Waals surface area contributed by atoms with E-state index in [1.807, 2.05) is 13.8 Å². The Morgan fingerprint density at radius 3 is 2.43 bits per heavy atom. The standard InChI is InChI=1S/C9H15N3O2/c1-3-13-9(14-4-2)7-5-8(10)12-6-11-7/h5-6,9H,3-4H2,1-2H3,(H2,10,11,12). The molecule has 0 aliphatic carbocycles. The molecule has 0 radical (unpaired) electrons. The van der Waals surface area contributed by atoms with Crippen molar-refractivity contribution in [2.75, 3.05) is 18.9 Å². The van der Waals surface area contributed by atoms with Crippen LogP contribution in [0.2, 0.25) is 0 Å². The SMILES string of the molecule is CCOC(OCC)c1cc(N)ncn1. The van der Waals surface area contributed by atoms with Crippen LogP contribution < -0.4 is 5.73 Å². The molecule has 1 heterocycles. The van der Waals surface area contributed by atoms with E-state index < -0.39 is 6.29 Å². The highest BCUT2D eigenvalue weighted by Gasteiger charge is 2.12. The second-order valence-corrected chi connectivity index (χ2v) is 2.61. The molecule has 0 atom stereocenters. The molecule has 0 aliphatic heterocycles. The van der Waals surface area contributed by atoms with Gasteiger partial charge in [0, 0.05) is 19.3 Å². The molecule has 0 spiro atoms. The molecule has 5 heteroatoms. The highest BCUT2D eigenvalue weighted by atomic mass is 16.7. The van der Waals surface area contributed by atoms with Gasteiger partial charge in [-0.1, -0.05) is 0 Å². The predicted octanol–water partition coefficient (Wildman–Crippen LogP) is 1.13. The molecule has 0 saturated carbocycles. The molecule has 0 amide bonds. The number of nitrogens with two attached hydrogens (primary N) is 1. The van der Waals surface area contributed by atoms with Gasteiger partial charge in [-0.2, -0.15) is 0 Å². The summed E-state index contributed by atoms with van der Waals surface area (Å²) in [5, 5.41) is 0. The van der Waals surface area contributed by atoms with Gasteiger partial charge in [-0.25, -0.2) is 9.97 Å². The third kappa shape index (κ3) is 2.93. The Morgan fingerprint density at radius 1 is 1.29 bits per heavy atom. The number of anilines is 1. The first kappa shape index (κ1) is 10.9. The fourth-order valence-electron chi connectivity index (χ4n) is 1.04. The number of rotatable bonds is 5. The zero-order valence-electron chi connectivity index (χ0n) is 8.43. The molecule has 0 unspecified atom stereocenters. The summed E-state index contributed by atoms with van der Waals surface area (Å²) in [7, 11) is 0. The third-order valence-corrected chi connectivity index (χ3v) is 1.59. The minimum atomic E-state index is -0.449. The van der Waals surface area contributed by atoms with Crippen LogP contribution in [0, 0.1) is 0 Å². The summed E-state index contributed by atoms with van der Waals surface area (Å²) < 4.78 is 10.7. The van der Waals surface area contributed by atoms with E-state index in [2.05, 4.69) is 9.97 Å². The van der Waals surface area contributed by atoms with E-state index >= 15 is 0 Å². The van der Waals surface area contributed by atoms with Crippen molar-refractivity contribution in [1.29, 1.82) is 0 Å². The van der Waals surface area contributed by atoms with Crippen molar-refractivity contribution in [3.05, 3.63) is 18.1 Å². The number of hydrogen-bond acceptors (Lipinski definition) is 5. The lowest BCUT2D eigenvalue weighted by Gasteiger charge is -2.15. The Bertz CT molecular complexity index is 275. The number of nitrogens with zero attached hydrogens (tertiary/aromatic N) is 2. The van der Waals surface area contributed by atoms with Crippen LogP contribution in [-0.4, -0.2) is 23.2 Å². The maximum absolute atomic E-state index is 5.53. The smallest absolute Gasteiger partial charge is 0.201 e. The zero-order chi connectivity index (χ0) is 10.4. The Kier molecular flexibility index (Phi) is 4.28. The molecule has 14 heavy (non-hydrogen) atoms. The topological polar surface area (TPSA) is 70.3 Å². The van der Waals surface area contributed by atoms with Gasteiger partial charge in [0.2, 0.25) is 6.29 Å². The Hall–Kier alpha value is -1.20. The first-order chi connectivity index (χ1) is 6.77. The summed E-state index contributed by atoms with van der Waals surface area (Å²) in [5.41, 5.74) is 6.18. The Balaban J connectivity index is 2.75. The van der Waals surface area contributed by atoms with E-state index in [0.29, 0.717) is 24.7 Å². The molecule has 0 bridgehead atoms. The molecule has 0 aromatic carbocycles. The molecule has 0 fully saturated rings. The average molecular weight is 197 g/mol. The predicted molar refractivity (Wildman–Crippen MR) is 52.4 cm³/mol. The van der Waals surface area contributed by atoms with Crippen LogP contribution >= 0.6 is 0 Å². The molecule has 1 aromatic rings. The molecule has 5 nitrogen and oxygen atoms in total. The highest BCUT2D eigenvalue weighted by Crippen LogP contribution is 2.16. The average Bonchev–Trinajstić information content (AvgIpc) is 2.17. The molecule has 2 N–H and O–H groups in total. The van der Waals surface area contributed by atoms with Crippen LogP contribution in [0.15, 0.2) is 12.4 Å². The van der Waals surface area contributed by atoms with Crippen molar-refractivity contribution in [2.24, 2.45) is 0 Å². The number of ether oxygens (including phenoxy) is 2. The largest absolute Gasteiger partial charge is 0.384 e. The molecular weight excluding hydrogens is 182 g/mol. The lowest BCUT2D eigenvalue weighted by Crippen LogP contribution is -2.11. The van der Waals surface area contributed by atoms with Crippen molar-refractivity contribution in [2.45, 2.75) is 20.1 Å². The van der Waals surface area contributed by atoms with E-state index in [1.165, 1.54) is 6.33 Å². The first-order valence-electron chi connectivity index (χ1n) is 4.58. The van der Waals surface area contributed by atoms with Gasteiger partial charge in [-0.15, -0.1) is 0 Å². The number of aromatic nitrogens is 2. The number of nitrogen functional groups attached to an aromatic ring is 1. The van der Waals surface area contributed by atoms with Crippen molar-refractivity contribution in [1.82, 2.24) is 9.97 Å². The van der Waals surface area contributed by atoms with E-state index in [1.54, 1.807) is 6.07 Å². The summed E-state index contributed by atoms with van der Waals surface area (Å²) >= 11 is 0. The fourth-order valence-corrected chi connectivity index (χ4v) is 1.04. The Morgan fingerprint density at radius 2 is 1.93 bits per heavy atom. The van der Waals surface area contributed by atoms with Gasteiger partial charge in [0.05, 0.1) is 0 Å². The van der Waals surface area contributed by atoms with E-state index in [4.69, 9.17) is 15.2 Å². The van der Waals surface area contributed by atoms with Crippen LogP contribution in [0.5, 0.6) is 0 Å². The van der Waals surface area contributed by atoms with Crippen LogP contribution in [0.25, 0.3) is 0 Å². The Labute approximate surface area is 83.3 Å². The van der Waals surface area contributed by atoms with E-state index in [0.717, 1.165) is 0 Å². The van der Waals surface area contributed by atoms with Gasteiger partial charge in [0.15, 0.2) is 0 Å². The highest BCUT2D eigenvalue weighted by molar-refractivity contribution is 5.28. The maximum Gasteiger partial charge on any atom is 0.201 e. The first-order valence-corrected chi connectivity index (χ1v) is 4.58. The van der Waals surface area contributed by atoms with Crippen molar-refractivity contribution < 1.29 is 9.47 Å². The molecular formula is C9H15N3O2. The molecule has 1 rings (SSSR count). The minimum absolute atomic E-state index is 0.416. The van der Waals surface area contributed by atoms with Crippen molar-refractivity contribution >= 4 is 5.82 Å². The van der Waals surface area contributed by atoms with Gasteiger partial charge in [0.1, 0.15) is 17.8 Å². The second kappa shape index (κ2) is 5.51. The summed E-state index contributed by atoms with van der Waals surface area (Å²) in [6.07, 6.45) is 0.950. The van der Waals surface area contributed by atoms with Crippen LogP contribution in [0.4, 0.5) is 5.82 Å². The lowest BCUT2D eigenvalue weighted by molar-refractivity contribution is -0.142. The summed E-state index contributed by atoms with van der Waals surface area (Å²) in [6, 6.07) is 1.65. The van der Waals surface area contributed by atoms with Crippen molar-refractivity contribution in [3.63, 3.8) is 0 Å². The van der Waals surface area contributed by atoms with E-state index in [9.17, 15) is 0 Å². The number of hydrogen-bond donors (Lipinski definition) is 1. The summed E-state index contributed by atoms with van der Waals surface area (Å²) in [4.78, 5) is 7.83. The normalized spacial score (nSPS) is 10.8. The van der Waals surface area contributed by atoms with Gasteiger partial charge in [-0.3, -0.25) is 0 Å². The zero-order valence-corrected chi connectivity index (χ0v) is 8.43. The molecule has 1 aromatic heterocycles. The van der Waals surface area contributed by atoms with Crippen LogP contribution in [0.3, 0.4) is 0 Å². The molecule has 78 valence electrons.